The molecule has 1 N–H and O–H groups in total. The van der Waals surface area contributed by atoms with Crippen LogP contribution in [0.2, 0.25) is 0 Å². The third-order valence-electron chi connectivity index (χ3n) is 6.68. The molecule has 0 aliphatic carbocycles. The van der Waals surface area contributed by atoms with Crippen LogP contribution >= 0.6 is 0 Å². The Bertz CT molecular complexity index is 954. The average molecular weight is 455 g/mol. The zero-order valence-electron chi connectivity index (χ0n) is 19.8. The summed E-state index contributed by atoms with van der Waals surface area (Å²) in [6.07, 6.45) is 1.86. The third-order valence-corrected chi connectivity index (χ3v) is 6.68. The maximum atomic E-state index is 12.8. The van der Waals surface area contributed by atoms with E-state index in [2.05, 4.69) is 25.3 Å². The number of para-hydroxylation sites is 1. The minimum absolute atomic E-state index is 0.00788. The molecule has 2 fully saturated rings. The summed E-state index contributed by atoms with van der Waals surface area (Å²) in [5.74, 6) is 1.84. The molecule has 4 rings (SSSR count). The van der Waals surface area contributed by atoms with Gasteiger partial charge < -0.3 is 14.7 Å². The minimum Gasteiger partial charge on any atom is -0.339 e. The lowest BCUT2D eigenvalue weighted by Crippen LogP contribution is -2.53. The zero-order chi connectivity index (χ0) is 23.4. The van der Waals surface area contributed by atoms with Crippen molar-refractivity contribution < 1.29 is 14.1 Å². The van der Waals surface area contributed by atoms with Gasteiger partial charge in [-0.2, -0.15) is 4.98 Å². The Kier molecular flexibility index (Phi) is 7.39. The van der Waals surface area contributed by atoms with Crippen LogP contribution in [0.5, 0.6) is 0 Å². The second-order valence-corrected chi connectivity index (χ2v) is 9.20. The van der Waals surface area contributed by atoms with E-state index in [1.165, 1.54) is 0 Å². The molecule has 178 valence electrons. The normalized spacial score (nSPS) is 18.5. The summed E-state index contributed by atoms with van der Waals surface area (Å²) in [6.45, 7) is 11.1. The summed E-state index contributed by atoms with van der Waals surface area (Å²) >= 11 is 0. The summed E-state index contributed by atoms with van der Waals surface area (Å²) in [6, 6.07) is 6.00. The van der Waals surface area contributed by atoms with Crippen molar-refractivity contribution in [2.45, 2.75) is 39.5 Å². The van der Waals surface area contributed by atoms with E-state index in [-0.39, 0.29) is 17.7 Å². The molecule has 0 spiro atoms. The van der Waals surface area contributed by atoms with Crippen LogP contribution in [0, 0.1) is 20.8 Å². The first-order chi connectivity index (χ1) is 15.9. The highest BCUT2D eigenvalue weighted by molar-refractivity contribution is 5.93. The molecule has 1 aromatic carbocycles. The molecule has 9 nitrogen and oxygen atoms in total. The number of nitrogens with zero attached hydrogens (tertiary/aromatic N) is 5. The molecule has 2 aromatic rings. The van der Waals surface area contributed by atoms with Gasteiger partial charge in [0.05, 0.1) is 13.1 Å². The number of aryl methyl sites for hydroxylation is 3. The number of anilines is 1. The number of hydrogen-bond acceptors (Lipinski definition) is 7. The highest BCUT2D eigenvalue weighted by Crippen LogP contribution is 2.26. The van der Waals surface area contributed by atoms with Crippen molar-refractivity contribution in [1.29, 1.82) is 0 Å². The monoisotopic (exact) mass is 454 g/mol. The summed E-state index contributed by atoms with van der Waals surface area (Å²) in [4.78, 5) is 36.0. The molecule has 0 bridgehead atoms. The first-order valence-corrected chi connectivity index (χ1v) is 11.8. The molecular weight excluding hydrogens is 420 g/mol. The number of rotatable bonds is 6. The molecule has 33 heavy (non-hydrogen) atoms. The Morgan fingerprint density at radius 1 is 0.970 bits per heavy atom. The second kappa shape index (κ2) is 10.4. The van der Waals surface area contributed by atoms with E-state index < -0.39 is 0 Å². The predicted octanol–water partition coefficient (Wildman–Crippen LogP) is 1.96. The number of aromatic nitrogens is 2. The van der Waals surface area contributed by atoms with E-state index in [9.17, 15) is 9.59 Å². The van der Waals surface area contributed by atoms with Gasteiger partial charge in [0, 0.05) is 37.8 Å². The Labute approximate surface area is 195 Å². The average Bonchev–Trinajstić information content (AvgIpc) is 3.23. The van der Waals surface area contributed by atoms with Crippen molar-refractivity contribution in [2.75, 3.05) is 57.7 Å². The summed E-state index contributed by atoms with van der Waals surface area (Å²) in [7, 11) is 0. The highest BCUT2D eigenvalue weighted by atomic mass is 16.5. The quantitative estimate of drug-likeness (QED) is 0.713. The van der Waals surface area contributed by atoms with Gasteiger partial charge in [-0.1, -0.05) is 23.4 Å². The van der Waals surface area contributed by atoms with Crippen LogP contribution in [0.4, 0.5) is 5.69 Å². The Morgan fingerprint density at radius 3 is 2.21 bits per heavy atom. The minimum atomic E-state index is -0.00788. The largest absolute Gasteiger partial charge is 0.339 e. The summed E-state index contributed by atoms with van der Waals surface area (Å²) in [5.41, 5.74) is 3.03. The van der Waals surface area contributed by atoms with Gasteiger partial charge in [0.1, 0.15) is 0 Å². The molecule has 1 aromatic heterocycles. The van der Waals surface area contributed by atoms with Crippen LogP contribution in [0.1, 0.15) is 41.6 Å². The smallest absolute Gasteiger partial charge is 0.238 e. The van der Waals surface area contributed by atoms with E-state index in [1.807, 2.05) is 43.9 Å². The van der Waals surface area contributed by atoms with Crippen molar-refractivity contribution >= 4 is 17.5 Å². The fourth-order valence-electron chi connectivity index (χ4n) is 4.66. The fraction of sp³-hybridized carbons (Fsp3) is 0.583. The number of carbonyl (C=O) groups is 2. The Balaban J connectivity index is 1.17. The lowest BCUT2D eigenvalue weighted by molar-refractivity contribution is -0.134. The number of piperidine rings is 1. The Morgan fingerprint density at radius 2 is 1.61 bits per heavy atom. The van der Waals surface area contributed by atoms with Gasteiger partial charge in [-0.25, -0.2) is 0 Å². The number of nitrogens with one attached hydrogen (secondary N) is 1. The predicted molar refractivity (Wildman–Crippen MR) is 125 cm³/mol. The number of carbonyl (C=O) groups excluding carboxylic acids is 2. The van der Waals surface area contributed by atoms with E-state index in [4.69, 9.17) is 4.52 Å². The number of benzene rings is 1. The standard InChI is InChI=1S/C24H34N6O3/c1-17-5-4-6-18(2)23(17)26-21(31)15-29-11-13-30(14-12-29)22(32)16-28-9-7-20(8-10-28)24-25-19(3)27-33-24/h4-6,20H,7-16H2,1-3H3,(H,26,31). The third kappa shape index (κ3) is 5.97. The molecule has 9 heteroatoms. The lowest BCUT2D eigenvalue weighted by Gasteiger charge is -2.36. The van der Waals surface area contributed by atoms with Crippen molar-refractivity contribution in [3.05, 3.63) is 41.0 Å². The van der Waals surface area contributed by atoms with E-state index >= 15 is 0 Å². The van der Waals surface area contributed by atoms with Crippen molar-refractivity contribution in [3.63, 3.8) is 0 Å². The molecule has 0 atom stereocenters. The molecule has 0 unspecified atom stereocenters. The van der Waals surface area contributed by atoms with Gasteiger partial charge in [0.15, 0.2) is 5.82 Å². The number of likely N-dealkylation sites (tertiary alicyclic amines) is 1. The molecule has 0 radical (unpaired) electrons. The first kappa shape index (κ1) is 23.4. The topological polar surface area (TPSA) is 94.8 Å². The van der Waals surface area contributed by atoms with Crippen LogP contribution in [-0.4, -0.2) is 89.0 Å². The second-order valence-electron chi connectivity index (χ2n) is 9.20. The van der Waals surface area contributed by atoms with E-state index in [0.717, 1.165) is 48.6 Å². The lowest BCUT2D eigenvalue weighted by atomic mass is 9.97. The SMILES string of the molecule is Cc1noc(C2CCN(CC(=O)N3CCN(CC(=O)Nc4c(C)cccc4C)CC3)CC2)n1. The van der Waals surface area contributed by atoms with Crippen molar-refractivity contribution in [3.8, 4) is 0 Å². The van der Waals surface area contributed by atoms with Gasteiger partial charge in [0.25, 0.3) is 0 Å². The van der Waals surface area contributed by atoms with Crippen LogP contribution in [0.15, 0.2) is 22.7 Å². The highest BCUT2D eigenvalue weighted by Gasteiger charge is 2.28. The van der Waals surface area contributed by atoms with Crippen molar-refractivity contribution in [1.82, 2.24) is 24.8 Å². The summed E-state index contributed by atoms with van der Waals surface area (Å²) < 4.78 is 5.31. The van der Waals surface area contributed by atoms with Gasteiger partial charge in [-0.15, -0.1) is 0 Å². The van der Waals surface area contributed by atoms with Gasteiger partial charge in [0.2, 0.25) is 17.7 Å². The number of hydrogen-bond donors (Lipinski definition) is 1. The Hall–Kier alpha value is -2.78. The van der Waals surface area contributed by atoms with E-state index in [0.29, 0.717) is 45.1 Å². The van der Waals surface area contributed by atoms with Gasteiger partial charge >= 0.3 is 0 Å². The summed E-state index contributed by atoms with van der Waals surface area (Å²) in [5, 5.41) is 6.93. The maximum absolute atomic E-state index is 12.8. The van der Waals surface area contributed by atoms with Crippen LogP contribution < -0.4 is 5.32 Å². The molecular formula is C24H34N6O3. The molecule has 0 saturated carbocycles. The maximum Gasteiger partial charge on any atom is 0.238 e. The zero-order valence-corrected chi connectivity index (χ0v) is 19.8. The van der Waals surface area contributed by atoms with E-state index in [1.54, 1.807) is 0 Å². The molecule has 3 heterocycles. The van der Waals surface area contributed by atoms with Crippen molar-refractivity contribution in [2.24, 2.45) is 0 Å². The molecule has 2 saturated heterocycles. The number of amides is 2. The van der Waals surface area contributed by atoms with Gasteiger partial charge in [-0.05, 0) is 57.8 Å². The molecule has 2 amide bonds. The van der Waals surface area contributed by atoms with Gasteiger partial charge in [-0.3, -0.25) is 19.4 Å². The fourth-order valence-corrected chi connectivity index (χ4v) is 4.66. The first-order valence-electron chi connectivity index (χ1n) is 11.8. The van der Waals surface area contributed by atoms with Crippen LogP contribution in [-0.2, 0) is 9.59 Å². The molecule has 2 aliphatic heterocycles. The van der Waals surface area contributed by atoms with Crippen LogP contribution in [0.3, 0.4) is 0 Å². The number of piperazine rings is 1. The van der Waals surface area contributed by atoms with Crippen LogP contribution in [0.25, 0.3) is 0 Å². The molecule has 2 aliphatic rings.